The molecule has 0 aliphatic carbocycles. The van der Waals surface area contributed by atoms with Crippen molar-refractivity contribution in [1.82, 2.24) is 4.89 Å². The Morgan fingerprint density at radius 2 is 2.06 bits per heavy atom. The molecule has 17 heavy (non-hydrogen) atoms. The monoisotopic (exact) mass is 257 g/mol. The highest BCUT2D eigenvalue weighted by molar-refractivity contribution is 7.89. The standard InChI is InChI=1S/C11H15NO4S/c1-3-11(13)9-6-5-7-10(8-9)17(14,15)12-16-4-2/h5-8,12H,3-4H2,1-2H3. The van der Waals surface area contributed by atoms with Crippen LogP contribution in [0.25, 0.3) is 0 Å². The third kappa shape index (κ3) is 3.62. The van der Waals surface area contributed by atoms with Gasteiger partial charge in [0.1, 0.15) is 0 Å². The van der Waals surface area contributed by atoms with Gasteiger partial charge in [0.25, 0.3) is 10.0 Å². The van der Waals surface area contributed by atoms with Crippen LogP contribution in [0.2, 0.25) is 0 Å². The molecule has 1 aromatic rings. The number of hydrogen-bond acceptors (Lipinski definition) is 4. The topological polar surface area (TPSA) is 72.5 Å². The molecule has 1 aromatic carbocycles. The van der Waals surface area contributed by atoms with E-state index in [1.807, 2.05) is 4.89 Å². The maximum atomic E-state index is 11.7. The van der Waals surface area contributed by atoms with Crippen LogP contribution >= 0.6 is 0 Å². The summed E-state index contributed by atoms with van der Waals surface area (Å²) in [6.45, 7) is 3.62. The highest BCUT2D eigenvalue weighted by atomic mass is 32.2. The first-order chi connectivity index (χ1) is 8.01. The molecule has 0 heterocycles. The van der Waals surface area contributed by atoms with Crippen LogP contribution in [0.4, 0.5) is 0 Å². The molecule has 0 aromatic heterocycles. The Labute approximate surface area is 101 Å². The minimum atomic E-state index is -3.71. The molecule has 0 saturated heterocycles. The zero-order valence-electron chi connectivity index (χ0n) is 9.76. The lowest BCUT2D eigenvalue weighted by Crippen LogP contribution is -2.24. The summed E-state index contributed by atoms with van der Waals surface area (Å²) in [5.41, 5.74) is 0.381. The number of Topliss-reactive ketones (excluding diaryl/α,β-unsaturated/α-hetero) is 1. The summed E-state index contributed by atoms with van der Waals surface area (Å²) in [4.78, 5) is 18.1. The van der Waals surface area contributed by atoms with E-state index < -0.39 is 10.0 Å². The molecule has 5 nitrogen and oxygen atoms in total. The van der Waals surface area contributed by atoms with E-state index in [2.05, 4.69) is 4.84 Å². The first-order valence-corrected chi connectivity index (χ1v) is 6.76. The van der Waals surface area contributed by atoms with Crippen molar-refractivity contribution in [3.8, 4) is 0 Å². The molecule has 6 heteroatoms. The zero-order chi connectivity index (χ0) is 12.9. The van der Waals surface area contributed by atoms with E-state index >= 15 is 0 Å². The molecular weight excluding hydrogens is 242 g/mol. The largest absolute Gasteiger partial charge is 0.294 e. The number of ketones is 1. The van der Waals surface area contributed by atoms with Gasteiger partial charge in [-0.1, -0.05) is 23.9 Å². The quantitative estimate of drug-likeness (QED) is 0.619. The SMILES string of the molecule is CCONS(=O)(=O)c1cccc(C(=O)CC)c1. The smallest absolute Gasteiger partial charge is 0.262 e. The Morgan fingerprint density at radius 3 is 2.65 bits per heavy atom. The second kappa shape index (κ2) is 5.90. The Kier molecular flexibility index (Phi) is 4.80. The molecule has 0 aliphatic heterocycles. The average molecular weight is 257 g/mol. The molecule has 0 atom stereocenters. The van der Waals surface area contributed by atoms with E-state index in [-0.39, 0.29) is 17.3 Å². The van der Waals surface area contributed by atoms with Crippen LogP contribution in [0, 0.1) is 0 Å². The Hall–Kier alpha value is -1.24. The van der Waals surface area contributed by atoms with Crippen molar-refractivity contribution in [3.63, 3.8) is 0 Å². The molecule has 0 saturated carbocycles. The van der Waals surface area contributed by atoms with Gasteiger partial charge in [-0.3, -0.25) is 9.63 Å². The van der Waals surface area contributed by atoms with Crippen molar-refractivity contribution in [3.05, 3.63) is 29.8 Å². The summed E-state index contributed by atoms with van der Waals surface area (Å²) in [5.74, 6) is -0.0986. The number of rotatable bonds is 6. The average Bonchev–Trinajstić information content (AvgIpc) is 2.35. The normalized spacial score (nSPS) is 11.4. The van der Waals surface area contributed by atoms with Crippen molar-refractivity contribution in [2.24, 2.45) is 0 Å². The molecule has 0 aliphatic rings. The van der Waals surface area contributed by atoms with Gasteiger partial charge in [-0.15, -0.1) is 0 Å². The summed E-state index contributed by atoms with van der Waals surface area (Å²) >= 11 is 0. The summed E-state index contributed by atoms with van der Waals surface area (Å²) in [6, 6.07) is 5.87. The van der Waals surface area contributed by atoms with Crippen molar-refractivity contribution >= 4 is 15.8 Å². The van der Waals surface area contributed by atoms with E-state index in [1.54, 1.807) is 19.9 Å². The third-order valence-corrected chi connectivity index (χ3v) is 3.31. The molecule has 0 radical (unpaired) electrons. The second-order valence-corrected chi connectivity index (χ2v) is 4.97. The van der Waals surface area contributed by atoms with Crippen LogP contribution in [0.5, 0.6) is 0 Å². The predicted molar refractivity (Wildman–Crippen MR) is 63.0 cm³/mol. The fraction of sp³-hybridized carbons (Fsp3) is 0.364. The van der Waals surface area contributed by atoms with Gasteiger partial charge in [0.2, 0.25) is 0 Å². The zero-order valence-corrected chi connectivity index (χ0v) is 10.6. The highest BCUT2D eigenvalue weighted by Crippen LogP contribution is 2.12. The van der Waals surface area contributed by atoms with E-state index in [4.69, 9.17) is 0 Å². The van der Waals surface area contributed by atoms with Crippen molar-refractivity contribution in [2.75, 3.05) is 6.61 Å². The van der Waals surface area contributed by atoms with Gasteiger partial charge < -0.3 is 0 Å². The maximum absolute atomic E-state index is 11.7. The minimum absolute atomic E-state index is 0.0188. The first-order valence-electron chi connectivity index (χ1n) is 5.28. The Bertz CT molecular complexity index is 496. The van der Waals surface area contributed by atoms with Crippen molar-refractivity contribution in [2.45, 2.75) is 25.2 Å². The number of carbonyl (C=O) groups is 1. The lowest BCUT2D eigenvalue weighted by atomic mass is 10.1. The second-order valence-electron chi connectivity index (χ2n) is 3.32. The van der Waals surface area contributed by atoms with Crippen LogP contribution in [0.3, 0.4) is 0 Å². The fourth-order valence-corrected chi connectivity index (χ4v) is 2.13. The van der Waals surface area contributed by atoms with Crippen LogP contribution in [-0.4, -0.2) is 20.8 Å². The summed E-state index contributed by atoms with van der Waals surface area (Å²) in [6.07, 6.45) is 0.336. The summed E-state index contributed by atoms with van der Waals surface area (Å²) in [5, 5.41) is 0. The number of carbonyl (C=O) groups excluding carboxylic acids is 1. The molecule has 0 bridgehead atoms. The molecule has 0 unspecified atom stereocenters. The van der Waals surface area contributed by atoms with E-state index in [1.165, 1.54) is 18.2 Å². The summed E-state index contributed by atoms with van der Waals surface area (Å²) in [7, 11) is -3.71. The Balaban J connectivity index is 3.03. The number of nitrogens with one attached hydrogen (secondary N) is 1. The lowest BCUT2D eigenvalue weighted by Gasteiger charge is -2.06. The highest BCUT2D eigenvalue weighted by Gasteiger charge is 2.15. The van der Waals surface area contributed by atoms with Crippen molar-refractivity contribution in [1.29, 1.82) is 0 Å². The van der Waals surface area contributed by atoms with Crippen LogP contribution in [0.15, 0.2) is 29.2 Å². The molecule has 1 N–H and O–H groups in total. The van der Waals surface area contributed by atoms with E-state index in [0.29, 0.717) is 12.0 Å². The van der Waals surface area contributed by atoms with Crippen LogP contribution in [-0.2, 0) is 14.9 Å². The van der Waals surface area contributed by atoms with Gasteiger partial charge in [0, 0.05) is 12.0 Å². The van der Waals surface area contributed by atoms with Gasteiger partial charge in [0.05, 0.1) is 11.5 Å². The van der Waals surface area contributed by atoms with Gasteiger partial charge >= 0.3 is 0 Å². The van der Waals surface area contributed by atoms with Crippen LogP contribution < -0.4 is 4.89 Å². The number of sulfonamides is 1. The molecule has 0 amide bonds. The number of hydrogen-bond donors (Lipinski definition) is 1. The van der Waals surface area contributed by atoms with Crippen LogP contribution in [0.1, 0.15) is 30.6 Å². The van der Waals surface area contributed by atoms with Gasteiger partial charge in [-0.05, 0) is 19.1 Å². The van der Waals surface area contributed by atoms with E-state index in [0.717, 1.165) is 0 Å². The fourth-order valence-electron chi connectivity index (χ4n) is 1.23. The number of benzene rings is 1. The molecule has 0 spiro atoms. The van der Waals surface area contributed by atoms with Crippen molar-refractivity contribution < 1.29 is 18.0 Å². The molecule has 0 fully saturated rings. The molecule has 94 valence electrons. The predicted octanol–water partition coefficient (Wildman–Crippen LogP) is 1.51. The molecular formula is C11H15NO4S. The van der Waals surface area contributed by atoms with Gasteiger partial charge in [0.15, 0.2) is 5.78 Å². The third-order valence-electron chi connectivity index (χ3n) is 2.10. The minimum Gasteiger partial charge on any atom is -0.294 e. The summed E-state index contributed by atoms with van der Waals surface area (Å²) < 4.78 is 23.4. The Morgan fingerprint density at radius 1 is 1.35 bits per heavy atom. The van der Waals surface area contributed by atoms with Gasteiger partial charge in [-0.25, -0.2) is 8.42 Å². The van der Waals surface area contributed by atoms with Gasteiger partial charge in [-0.2, -0.15) is 0 Å². The van der Waals surface area contributed by atoms with E-state index in [9.17, 15) is 13.2 Å². The first kappa shape index (κ1) is 13.8. The lowest BCUT2D eigenvalue weighted by molar-refractivity contribution is 0.0987. The molecule has 1 rings (SSSR count). The maximum Gasteiger partial charge on any atom is 0.262 e.